The van der Waals surface area contributed by atoms with Gasteiger partial charge in [-0.1, -0.05) is 165 Å². The van der Waals surface area contributed by atoms with Crippen molar-refractivity contribution in [3.8, 4) is 0 Å². The predicted molar refractivity (Wildman–Crippen MR) is 298 cm³/mol. The molecular formula is C66H58N2O2. The Kier molecular flexibility index (Phi) is 9.56. The van der Waals surface area contributed by atoms with Crippen LogP contribution < -0.4 is 9.80 Å². The Morgan fingerprint density at radius 3 is 1.41 bits per heavy atom. The Hall–Kier alpha value is -7.56. The third kappa shape index (κ3) is 6.21. The molecule has 0 atom stereocenters. The van der Waals surface area contributed by atoms with Crippen molar-refractivity contribution >= 4 is 110 Å². The minimum atomic E-state index is -0.0709. The quantitative estimate of drug-likeness (QED) is 0.135. The van der Waals surface area contributed by atoms with Gasteiger partial charge in [0.15, 0.2) is 11.2 Å². The molecule has 1 aliphatic carbocycles. The molecule has 344 valence electrons. The van der Waals surface area contributed by atoms with Crippen LogP contribution in [0.15, 0.2) is 173 Å². The van der Waals surface area contributed by atoms with E-state index in [4.69, 9.17) is 8.83 Å². The van der Waals surface area contributed by atoms with E-state index in [1.54, 1.807) is 0 Å². The maximum absolute atomic E-state index is 6.96. The SMILES string of the molecule is CC(C)c1ccccc1N(c1cc(C(C)C)c2ccc3c(N(c4ccccc4C(C)C)c4cccc5c4oc4ccccc45)cc4c5c(cc1c2c35)C(C)(C)CC4)c1cccc2c1oc1ccccc12. The maximum atomic E-state index is 6.96. The van der Waals surface area contributed by atoms with Gasteiger partial charge in [-0.25, -0.2) is 0 Å². The van der Waals surface area contributed by atoms with E-state index in [2.05, 4.69) is 229 Å². The number of nitrogens with zero attached hydrogens (tertiary/aromatic N) is 2. The molecule has 2 aromatic heterocycles. The van der Waals surface area contributed by atoms with Crippen molar-refractivity contribution in [1.29, 1.82) is 0 Å². The number of para-hydroxylation sites is 6. The summed E-state index contributed by atoms with van der Waals surface area (Å²) in [5.74, 6) is 0.806. The topological polar surface area (TPSA) is 32.8 Å². The molecule has 0 fully saturated rings. The second-order valence-electron chi connectivity index (χ2n) is 21.4. The summed E-state index contributed by atoms with van der Waals surface area (Å²) in [6.45, 7) is 18.9. The van der Waals surface area contributed by atoms with E-state index in [1.807, 2.05) is 0 Å². The van der Waals surface area contributed by atoms with Crippen LogP contribution in [0.4, 0.5) is 34.1 Å². The first-order valence-electron chi connectivity index (χ1n) is 25.4. The molecule has 10 aromatic carbocycles. The number of rotatable bonds is 9. The van der Waals surface area contributed by atoms with Crippen LogP contribution in [0.3, 0.4) is 0 Å². The van der Waals surface area contributed by atoms with Gasteiger partial charge in [0, 0.05) is 49.1 Å². The van der Waals surface area contributed by atoms with Crippen LogP contribution in [0.5, 0.6) is 0 Å². The fourth-order valence-electron chi connectivity index (χ4n) is 12.3. The Morgan fingerprint density at radius 2 is 0.857 bits per heavy atom. The van der Waals surface area contributed by atoms with Crippen LogP contribution in [-0.4, -0.2) is 0 Å². The summed E-state index contributed by atoms with van der Waals surface area (Å²) in [6.07, 6.45) is 2.03. The molecule has 0 saturated carbocycles. The number of fused-ring (bicyclic) bond motifs is 6. The Labute approximate surface area is 410 Å². The summed E-state index contributed by atoms with van der Waals surface area (Å²) in [6, 6.07) is 60.8. The molecule has 4 nitrogen and oxygen atoms in total. The Morgan fingerprint density at radius 1 is 0.386 bits per heavy atom. The second kappa shape index (κ2) is 15.7. The first-order valence-corrected chi connectivity index (χ1v) is 25.4. The van der Waals surface area contributed by atoms with Gasteiger partial charge in [-0.3, -0.25) is 0 Å². The second-order valence-corrected chi connectivity index (χ2v) is 21.4. The Bertz CT molecular complexity index is 4050. The van der Waals surface area contributed by atoms with E-state index >= 15 is 0 Å². The van der Waals surface area contributed by atoms with E-state index in [0.717, 1.165) is 68.1 Å². The average Bonchev–Trinajstić information content (AvgIpc) is 3.95. The monoisotopic (exact) mass is 910 g/mol. The number of benzene rings is 10. The van der Waals surface area contributed by atoms with E-state index in [1.165, 1.54) is 82.9 Å². The maximum Gasteiger partial charge on any atom is 0.159 e. The van der Waals surface area contributed by atoms with Crippen LogP contribution in [0.2, 0.25) is 0 Å². The van der Waals surface area contributed by atoms with Gasteiger partial charge in [-0.05, 0) is 135 Å². The number of furan rings is 2. The molecule has 0 spiro atoms. The molecule has 0 radical (unpaired) electrons. The number of anilines is 6. The molecule has 13 rings (SSSR count). The molecule has 1 aliphatic rings. The zero-order valence-electron chi connectivity index (χ0n) is 41.4. The lowest BCUT2D eigenvalue weighted by atomic mass is 9.70. The summed E-state index contributed by atoms with van der Waals surface area (Å²) in [4.78, 5) is 5.09. The van der Waals surface area contributed by atoms with Crippen LogP contribution in [0.1, 0.15) is 107 Å². The molecule has 0 unspecified atom stereocenters. The highest BCUT2D eigenvalue weighted by atomic mass is 16.3. The van der Waals surface area contributed by atoms with Gasteiger partial charge in [0.1, 0.15) is 11.2 Å². The smallest absolute Gasteiger partial charge is 0.159 e. The lowest BCUT2D eigenvalue weighted by molar-refractivity contribution is 0.475. The van der Waals surface area contributed by atoms with Gasteiger partial charge in [-0.2, -0.15) is 0 Å². The number of hydrogen-bond donors (Lipinski definition) is 0. The molecule has 4 heteroatoms. The van der Waals surface area contributed by atoms with E-state index in [0.29, 0.717) is 0 Å². The molecule has 2 heterocycles. The van der Waals surface area contributed by atoms with E-state index < -0.39 is 0 Å². The average molecular weight is 911 g/mol. The third-order valence-corrected chi connectivity index (χ3v) is 15.8. The summed E-state index contributed by atoms with van der Waals surface area (Å²) in [5, 5.41) is 12.4. The highest BCUT2D eigenvalue weighted by molar-refractivity contribution is 6.31. The molecule has 70 heavy (non-hydrogen) atoms. The summed E-state index contributed by atoms with van der Waals surface area (Å²) in [5.41, 5.74) is 17.0. The highest BCUT2D eigenvalue weighted by Crippen LogP contribution is 2.56. The van der Waals surface area contributed by atoms with Gasteiger partial charge < -0.3 is 18.6 Å². The summed E-state index contributed by atoms with van der Waals surface area (Å²) >= 11 is 0. The fourth-order valence-corrected chi connectivity index (χ4v) is 12.3. The predicted octanol–water partition coefficient (Wildman–Crippen LogP) is 19.9. The number of aryl methyl sites for hydroxylation is 1. The first kappa shape index (κ1) is 42.5. The minimum absolute atomic E-state index is 0.0709. The zero-order valence-corrected chi connectivity index (χ0v) is 41.4. The van der Waals surface area contributed by atoms with Crippen molar-refractivity contribution in [2.45, 2.75) is 91.4 Å². The third-order valence-electron chi connectivity index (χ3n) is 15.8. The zero-order chi connectivity index (χ0) is 47.7. The van der Waals surface area contributed by atoms with Crippen molar-refractivity contribution in [2.24, 2.45) is 0 Å². The highest BCUT2D eigenvalue weighted by Gasteiger charge is 2.35. The summed E-state index contributed by atoms with van der Waals surface area (Å²) in [7, 11) is 0. The number of hydrogen-bond acceptors (Lipinski definition) is 4. The van der Waals surface area contributed by atoms with E-state index in [-0.39, 0.29) is 23.2 Å². The fraction of sp³-hybridized carbons (Fsp3) is 0.212. The van der Waals surface area contributed by atoms with Gasteiger partial charge in [0.05, 0.1) is 22.7 Å². The largest absolute Gasteiger partial charge is 0.454 e. The molecular weight excluding hydrogens is 853 g/mol. The van der Waals surface area contributed by atoms with Crippen molar-refractivity contribution < 1.29 is 8.83 Å². The molecule has 0 bridgehead atoms. The Balaban J connectivity index is 1.20. The van der Waals surface area contributed by atoms with Gasteiger partial charge in [-0.15, -0.1) is 0 Å². The molecule has 0 saturated heterocycles. The normalized spacial score (nSPS) is 13.8. The molecule has 0 N–H and O–H groups in total. The molecule has 0 aliphatic heterocycles. The van der Waals surface area contributed by atoms with E-state index in [9.17, 15) is 0 Å². The summed E-state index contributed by atoms with van der Waals surface area (Å²) < 4.78 is 13.9. The van der Waals surface area contributed by atoms with Gasteiger partial charge in [0.2, 0.25) is 0 Å². The van der Waals surface area contributed by atoms with Crippen molar-refractivity contribution in [3.05, 3.63) is 192 Å². The van der Waals surface area contributed by atoms with Crippen LogP contribution in [0, 0.1) is 0 Å². The van der Waals surface area contributed by atoms with Crippen molar-refractivity contribution in [1.82, 2.24) is 0 Å². The molecule has 0 amide bonds. The van der Waals surface area contributed by atoms with Gasteiger partial charge >= 0.3 is 0 Å². The van der Waals surface area contributed by atoms with Crippen LogP contribution >= 0.6 is 0 Å². The molecule has 12 aromatic rings. The lowest BCUT2D eigenvalue weighted by Crippen LogP contribution is -2.24. The first-order chi connectivity index (χ1) is 34.0. The standard InChI is InChI=1S/C66H58N2O2/c1-38(2)42-19-9-13-25-53(42)67(55-27-17-23-47-44-21-11-15-29-59(44)69-64(47)55)57-35-41-33-34-66(7,8)52-36-51-58(37-50(40(5)6)46-31-32-49(57)63(61(41)52)62(46)51)68(54-26-14-10-20-43(54)39(3)4)56-28-18-24-48-45-22-12-16-30-60(45)70-65(48)56/h9-32,35-40H,33-34H2,1-8H3. The van der Waals surface area contributed by atoms with Crippen molar-refractivity contribution in [3.63, 3.8) is 0 Å². The van der Waals surface area contributed by atoms with Crippen LogP contribution in [0.25, 0.3) is 76.2 Å². The van der Waals surface area contributed by atoms with Crippen LogP contribution in [-0.2, 0) is 11.8 Å². The van der Waals surface area contributed by atoms with Gasteiger partial charge in [0.25, 0.3) is 0 Å². The minimum Gasteiger partial charge on any atom is -0.454 e. The van der Waals surface area contributed by atoms with Crippen molar-refractivity contribution in [2.75, 3.05) is 9.80 Å². The lowest BCUT2D eigenvalue weighted by Gasteiger charge is -2.37.